The van der Waals surface area contributed by atoms with Gasteiger partial charge in [0, 0.05) is 44.0 Å². The zero-order valence-corrected chi connectivity index (χ0v) is 14.5. The first kappa shape index (κ1) is 15.6. The lowest BCUT2D eigenvalue weighted by Gasteiger charge is -2.35. The van der Waals surface area contributed by atoms with E-state index in [1.54, 1.807) is 0 Å². The van der Waals surface area contributed by atoms with Crippen LogP contribution in [-0.4, -0.2) is 42.9 Å². The van der Waals surface area contributed by atoms with Gasteiger partial charge in [0.15, 0.2) is 11.5 Å². The predicted octanol–water partition coefficient (Wildman–Crippen LogP) is 2.96. The molecule has 2 aliphatic heterocycles. The average Bonchev–Trinajstić information content (AvgIpc) is 3.17. The van der Waals surface area contributed by atoms with E-state index < -0.39 is 0 Å². The van der Waals surface area contributed by atoms with Crippen molar-refractivity contribution in [3.63, 3.8) is 0 Å². The molecule has 0 bridgehead atoms. The maximum Gasteiger partial charge on any atom is 0.231 e. The van der Waals surface area contributed by atoms with Gasteiger partial charge in [-0.3, -0.25) is 9.88 Å². The van der Waals surface area contributed by atoms with Crippen molar-refractivity contribution in [3.8, 4) is 11.5 Å². The van der Waals surface area contributed by atoms with Crippen molar-refractivity contribution in [2.45, 2.75) is 6.04 Å². The van der Waals surface area contributed by atoms with E-state index in [0.29, 0.717) is 6.79 Å². The lowest BCUT2D eigenvalue weighted by molar-refractivity contribution is 0.173. The molecular formula is C21H21N3O2. The van der Waals surface area contributed by atoms with Gasteiger partial charge in [-0.15, -0.1) is 0 Å². The van der Waals surface area contributed by atoms with Crippen molar-refractivity contribution < 1.29 is 9.47 Å². The molecule has 2 aliphatic rings. The molecule has 0 aliphatic carbocycles. The van der Waals surface area contributed by atoms with E-state index in [1.807, 2.05) is 18.5 Å². The van der Waals surface area contributed by atoms with Crippen molar-refractivity contribution in [1.29, 1.82) is 0 Å². The molecule has 132 valence electrons. The highest BCUT2D eigenvalue weighted by Gasteiger charge is 2.26. The molecule has 3 aromatic rings. The van der Waals surface area contributed by atoms with E-state index in [2.05, 4.69) is 51.6 Å². The smallest absolute Gasteiger partial charge is 0.231 e. The predicted molar refractivity (Wildman–Crippen MR) is 101 cm³/mol. The summed E-state index contributed by atoms with van der Waals surface area (Å²) in [4.78, 5) is 6.76. The molecule has 0 spiro atoms. The summed E-state index contributed by atoms with van der Waals surface area (Å²) in [5, 5.41) is 5.84. The number of nitrogens with one attached hydrogen (secondary N) is 1. The number of aromatic nitrogens is 1. The topological polar surface area (TPSA) is 46.6 Å². The third kappa shape index (κ3) is 2.79. The summed E-state index contributed by atoms with van der Waals surface area (Å²) in [7, 11) is 0. The molecular weight excluding hydrogens is 326 g/mol. The van der Waals surface area contributed by atoms with Gasteiger partial charge in [-0.1, -0.05) is 18.2 Å². The lowest BCUT2D eigenvalue weighted by atomic mass is 9.94. The van der Waals surface area contributed by atoms with Crippen LogP contribution in [0, 0.1) is 0 Å². The largest absolute Gasteiger partial charge is 0.454 e. The molecule has 26 heavy (non-hydrogen) atoms. The minimum Gasteiger partial charge on any atom is -0.454 e. The van der Waals surface area contributed by atoms with E-state index in [4.69, 9.17) is 9.47 Å². The first-order valence-electron chi connectivity index (χ1n) is 9.06. The van der Waals surface area contributed by atoms with Crippen LogP contribution in [0.3, 0.4) is 0 Å². The Labute approximate surface area is 152 Å². The Balaban J connectivity index is 1.60. The molecule has 1 atom stereocenters. The van der Waals surface area contributed by atoms with Gasteiger partial charge in [0.1, 0.15) is 0 Å². The Morgan fingerprint density at radius 1 is 0.885 bits per heavy atom. The first-order valence-corrected chi connectivity index (χ1v) is 9.06. The highest BCUT2D eigenvalue weighted by molar-refractivity contribution is 5.82. The number of benzene rings is 2. The summed E-state index contributed by atoms with van der Waals surface area (Å²) < 4.78 is 11.1. The summed E-state index contributed by atoms with van der Waals surface area (Å²) in [5.74, 6) is 1.67. The molecule has 1 aromatic heterocycles. The normalized spacial score (nSPS) is 18.2. The van der Waals surface area contributed by atoms with Crippen molar-refractivity contribution in [2.24, 2.45) is 0 Å². The minimum atomic E-state index is 0.198. The molecule has 0 radical (unpaired) electrons. The van der Waals surface area contributed by atoms with Gasteiger partial charge in [0.2, 0.25) is 6.79 Å². The molecule has 1 unspecified atom stereocenters. The van der Waals surface area contributed by atoms with E-state index >= 15 is 0 Å². The molecule has 5 nitrogen and oxygen atoms in total. The van der Waals surface area contributed by atoms with Gasteiger partial charge in [-0.25, -0.2) is 0 Å². The van der Waals surface area contributed by atoms with Crippen LogP contribution < -0.4 is 14.8 Å². The highest BCUT2D eigenvalue weighted by atomic mass is 16.7. The maximum absolute atomic E-state index is 5.62. The fourth-order valence-corrected chi connectivity index (χ4v) is 3.91. The molecule has 1 fully saturated rings. The molecule has 0 saturated carbocycles. The third-order valence-corrected chi connectivity index (χ3v) is 5.21. The SMILES string of the molecule is c1cc2cc(C(c3ccc4c(c3)OCO4)N3CCNCC3)ccc2cn1. The number of pyridine rings is 1. The number of nitrogens with zero attached hydrogens (tertiary/aromatic N) is 2. The van der Waals surface area contributed by atoms with E-state index in [0.717, 1.165) is 37.7 Å². The molecule has 1 saturated heterocycles. The summed E-state index contributed by atoms with van der Waals surface area (Å²) in [5.41, 5.74) is 2.54. The second-order valence-corrected chi connectivity index (χ2v) is 6.78. The Kier molecular flexibility index (Phi) is 3.96. The van der Waals surface area contributed by atoms with Crippen molar-refractivity contribution >= 4 is 10.8 Å². The van der Waals surface area contributed by atoms with Gasteiger partial charge < -0.3 is 14.8 Å². The molecule has 5 rings (SSSR count). The van der Waals surface area contributed by atoms with Crippen LogP contribution in [0.2, 0.25) is 0 Å². The number of hydrogen-bond acceptors (Lipinski definition) is 5. The van der Waals surface area contributed by atoms with Gasteiger partial charge in [0.25, 0.3) is 0 Å². The molecule has 1 N–H and O–H groups in total. The van der Waals surface area contributed by atoms with Crippen molar-refractivity contribution in [2.75, 3.05) is 33.0 Å². The van der Waals surface area contributed by atoms with Crippen molar-refractivity contribution in [3.05, 3.63) is 66.0 Å². The average molecular weight is 347 g/mol. The number of hydrogen-bond donors (Lipinski definition) is 1. The second kappa shape index (κ2) is 6.59. The van der Waals surface area contributed by atoms with Crippen LogP contribution >= 0.6 is 0 Å². The van der Waals surface area contributed by atoms with E-state index in [9.17, 15) is 0 Å². The summed E-state index contributed by atoms with van der Waals surface area (Å²) >= 11 is 0. The number of fused-ring (bicyclic) bond motifs is 2. The molecule has 3 heterocycles. The fourth-order valence-electron chi connectivity index (χ4n) is 3.91. The van der Waals surface area contributed by atoms with Crippen LogP contribution in [0.4, 0.5) is 0 Å². The van der Waals surface area contributed by atoms with Crippen LogP contribution in [0.15, 0.2) is 54.9 Å². The summed E-state index contributed by atoms with van der Waals surface area (Å²) in [6, 6.07) is 15.3. The van der Waals surface area contributed by atoms with Gasteiger partial charge in [-0.05, 0) is 40.8 Å². The molecule has 0 amide bonds. The monoisotopic (exact) mass is 347 g/mol. The minimum absolute atomic E-state index is 0.198. The van der Waals surface area contributed by atoms with Crippen molar-refractivity contribution in [1.82, 2.24) is 15.2 Å². The zero-order chi connectivity index (χ0) is 17.3. The van der Waals surface area contributed by atoms with Crippen LogP contribution in [-0.2, 0) is 0 Å². The van der Waals surface area contributed by atoms with Crippen LogP contribution in [0.5, 0.6) is 11.5 Å². The molecule has 5 heteroatoms. The van der Waals surface area contributed by atoms with E-state index in [-0.39, 0.29) is 6.04 Å². The third-order valence-electron chi connectivity index (χ3n) is 5.21. The van der Waals surface area contributed by atoms with Gasteiger partial charge >= 0.3 is 0 Å². The lowest BCUT2D eigenvalue weighted by Crippen LogP contribution is -2.45. The Bertz CT molecular complexity index is 937. The first-order chi connectivity index (χ1) is 12.9. The van der Waals surface area contributed by atoms with Crippen LogP contribution in [0.1, 0.15) is 17.2 Å². The summed E-state index contributed by atoms with van der Waals surface area (Å²) in [6.07, 6.45) is 3.77. The molecule has 2 aromatic carbocycles. The highest BCUT2D eigenvalue weighted by Crippen LogP contribution is 2.38. The fraction of sp³-hybridized carbons (Fsp3) is 0.286. The summed E-state index contributed by atoms with van der Waals surface area (Å²) in [6.45, 7) is 4.37. The van der Waals surface area contributed by atoms with E-state index in [1.165, 1.54) is 21.9 Å². The number of rotatable bonds is 3. The Morgan fingerprint density at radius 2 is 1.69 bits per heavy atom. The second-order valence-electron chi connectivity index (χ2n) is 6.78. The zero-order valence-electron chi connectivity index (χ0n) is 14.5. The number of ether oxygens (including phenoxy) is 2. The standard InChI is InChI=1S/C21H21N3O2/c1-2-18-13-23-6-5-15(18)11-16(1)21(24-9-7-22-8-10-24)17-3-4-19-20(12-17)26-14-25-19/h1-6,11-13,21-22H,7-10,14H2. The quantitative estimate of drug-likeness (QED) is 0.789. The van der Waals surface area contributed by atoms with Gasteiger partial charge in [0.05, 0.1) is 6.04 Å². The Hall–Kier alpha value is -2.63. The van der Waals surface area contributed by atoms with Crippen LogP contribution in [0.25, 0.3) is 10.8 Å². The maximum atomic E-state index is 5.62. The van der Waals surface area contributed by atoms with Gasteiger partial charge in [-0.2, -0.15) is 0 Å². The Morgan fingerprint density at radius 3 is 2.62 bits per heavy atom. The number of piperazine rings is 1.